The lowest BCUT2D eigenvalue weighted by atomic mass is 10.2. The van der Waals surface area contributed by atoms with Gasteiger partial charge in [0.15, 0.2) is 18.1 Å². The molecule has 3 rings (SSSR count). The molecule has 3 aromatic rings. The molecule has 0 heterocycles. The van der Waals surface area contributed by atoms with Crippen LogP contribution in [0.3, 0.4) is 0 Å². The Kier molecular flexibility index (Phi) is 10.3. The van der Waals surface area contributed by atoms with E-state index in [1.165, 1.54) is 13.3 Å². The third-order valence-electron chi connectivity index (χ3n) is 4.84. The van der Waals surface area contributed by atoms with Crippen molar-refractivity contribution in [3.8, 4) is 17.2 Å². The predicted octanol–water partition coefficient (Wildman–Crippen LogP) is 6.70. The molecule has 7 nitrogen and oxygen atoms in total. The van der Waals surface area contributed by atoms with Crippen LogP contribution in [0.2, 0.25) is 10.0 Å². The van der Waals surface area contributed by atoms with E-state index in [1.807, 2.05) is 43.3 Å². The fourth-order valence-electron chi connectivity index (χ4n) is 2.98. The van der Waals surface area contributed by atoms with Crippen molar-refractivity contribution < 1.29 is 19.0 Å². The normalized spacial score (nSPS) is 10.9. The average Bonchev–Trinajstić information content (AvgIpc) is 2.86. The van der Waals surface area contributed by atoms with E-state index in [0.29, 0.717) is 41.8 Å². The second kappa shape index (κ2) is 13.2. The van der Waals surface area contributed by atoms with E-state index in [2.05, 4.69) is 42.4 Å². The lowest BCUT2D eigenvalue weighted by Gasteiger charge is -2.15. The summed E-state index contributed by atoms with van der Waals surface area (Å²) in [7, 11) is 5.40. The highest BCUT2D eigenvalue weighted by Gasteiger charge is 2.17. The van der Waals surface area contributed by atoms with Gasteiger partial charge in [-0.1, -0.05) is 35.3 Å². The maximum atomic E-state index is 12.2. The van der Waals surface area contributed by atoms with Crippen molar-refractivity contribution in [1.29, 1.82) is 0 Å². The molecule has 0 spiro atoms. The van der Waals surface area contributed by atoms with E-state index < -0.39 is 5.91 Å². The van der Waals surface area contributed by atoms with Gasteiger partial charge in [-0.25, -0.2) is 5.43 Å². The summed E-state index contributed by atoms with van der Waals surface area (Å²) < 4.78 is 18.3. The van der Waals surface area contributed by atoms with Crippen LogP contribution in [0.25, 0.3) is 0 Å². The van der Waals surface area contributed by atoms with Gasteiger partial charge < -0.3 is 19.1 Å². The van der Waals surface area contributed by atoms with Gasteiger partial charge in [0.25, 0.3) is 5.91 Å². The van der Waals surface area contributed by atoms with Crippen molar-refractivity contribution >= 4 is 72.9 Å². The summed E-state index contributed by atoms with van der Waals surface area (Å²) in [6.07, 6.45) is 1.49. The molecule has 0 fully saturated rings. The first-order valence-corrected chi connectivity index (χ1v) is 12.9. The first kappa shape index (κ1) is 28.1. The molecular formula is C25H23Br2Cl2N3O4. The highest BCUT2D eigenvalue weighted by atomic mass is 79.9. The Balaban J connectivity index is 1.63. The number of hydrogen-bond donors (Lipinski definition) is 1. The van der Waals surface area contributed by atoms with Crippen LogP contribution in [0.15, 0.2) is 62.6 Å². The van der Waals surface area contributed by atoms with E-state index in [9.17, 15) is 4.79 Å². The molecule has 190 valence electrons. The predicted molar refractivity (Wildman–Crippen MR) is 151 cm³/mol. The lowest BCUT2D eigenvalue weighted by molar-refractivity contribution is -0.123. The summed E-state index contributed by atoms with van der Waals surface area (Å²) in [5.41, 5.74) is 4.93. The molecule has 0 bridgehead atoms. The van der Waals surface area contributed by atoms with Crippen molar-refractivity contribution in [2.75, 3.05) is 32.7 Å². The van der Waals surface area contributed by atoms with Crippen molar-refractivity contribution in [3.63, 3.8) is 0 Å². The number of hydrogen-bond acceptors (Lipinski definition) is 6. The molecule has 0 aliphatic carbocycles. The van der Waals surface area contributed by atoms with Gasteiger partial charge in [-0.05, 0) is 67.8 Å². The largest absolute Gasteiger partial charge is 0.493 e. The first-order valence-electron chi connectivity index (χ1n) is 10.5. The lowest BCUT2D eigenvalue weighted by Crippen LogP contribution is -2.24. The number of nitrogens with zero attached hydrogens (tertiary/aromatic N) is 2. The molecule has 0 saturated carbocycles. The van der Waals surface area contributed by atoms with Gasteiger partial charge >= 0.3 is 0 Å². The average molecular weight is 660 g/mol. The van der Waals surface area contributed by atoms with Gasteiger partial charge in [-0.2, -0.15) is 5.10 Å². The maximum absolute atomic E-state index is 12.2. The zero-order valence-electron chi connectivity index (χ0n) is 19.6. The second-order valence-corrected chi connectivity index (χ2v) is 10.0. The summed E-state index contributed by atoms with van der Waals surface area (Å²) in [5, 5.41) is 4.96. The number of amides is 1. The van der Waals surface area contributed by atoms with E-state index in [4.69, 9.17) is 37.4 Å². The summed E-state index contributed by atoms with van der Waals surface area (Å²) in [4.78, 5) is 14.1. The Bertz CT molecular complexity index is 1270. The zero-order valence-corrected chi connectivity index (χ0v) is 24.3. The quantitative estimate of drug-likeness (QED) is 0.194. The topological polar surface area (TPSA) is 72.4 Å². The van der Waals surface area contributed by atoms with Crippen LogP contribution in [0.5, 0.6) is 17.2 Å². The summed E-state index contributed by atoms with van der Waals surface area (Å²) in [6.45, 7) is 0.0726. The van der Waals surface area contributed by atoms with Gasteiger partial charge in [0.2, 0.25) is 0 Å². The van der Waals surface area contributed by atoms with Gasteiger partial charge in [0.05, 0.1) is 27.8 Å². The smallest absolute Gasteiger partial charge is 0.277 e. The number of carbonyl (C=O) groups excluding carboxylic acids is 1. The minimum atomic E-state index is -0.398. The Hall–Kier alpha value is -2.46. The Morgan fingerprint density at radius 2 is 1.83 bits per heavy atom. The van der Waals surface area contributed by atoms with Crippen LogP contribution in [0, 0.1) is 0 Å². The van der Waals surface area contributed by atoms with Crippen LogP contribution < -0.4 is 24.5 Å². The minimum Gasteiger partial charge on any atom is -0.493 e. The molecule has 1 amide bonds. The SMILES string of the molecule is COc1cc(/C=N/NC(=O)COc2cccc(N(C)C)c2)c(Br)c(Br)c1OCc1ccc(Cl)c(Cl)c1. The zero-order chi connectivity index (χ0) is 26.2. The van der Waals surface area contributed by atoms with Gasteiger partial charge in [-0.3, -0.25) is 4.79 Å². The maximum Gasteiger partial charge on any atom is 0.277 e. The highest BCUT2D eigenvalue weighted by molar-refractivity contribution is 9.13. The summed E-state index contributed by atoms with van der Waals surface area (Å²) in [6, 6.07) is 14.5. The second-order valence-electron chi connectivity index (χ2n) is 7.64. The number of halogens is 4. The molecule has 0 saturated heterocycles. The highest BCUT2D eigenvalue weighted by Crippen LogP contribution is 2.42. The molecule has 36 heavy (non-hydrogen) atoms. The number of rotatable bonds is 10. The van der Waals surface area contributed by atoms with E-state index >= 15 is 0 Å². The standard InChI is InChI=1S/C25H23Br2Cl2N3O4/c1-32(2)17-5-4-6-18(11-17)35-14-22(33)31-30-12-16-10-21(34-3)25(24(27)23(16)26)36-13-15-7-8-19(28)20(29)9-15/h4-12H,13-14H2,1-3H3,(H,31,33)/b30-12+. The summed E-state index contributed by atoms with van der Waals surface area (Å²) in [5.74, 6) is 1.16. The van der Waals surface area contributed by atoms with E-state index in [-0.39, 0.29) is 13.2 Å². The van der Waals surface area contributed by atoms with Gasteiger partial charge in [0.1, 0.15) is 12.4 Å². The van der Waals surface area contributed by atoms with Crippen LogP contribution in [-0.2, 0) is 11.4 Å². The van der Waals surface area contributed by atoms with Crippen molar-refractivity contribution in [2.45, 2.75) is 6.61 Å². The van der Waals surface area contributed by atoms with E-state index in [1.54, 1.807) is 24.3 Å². The first-order chi connectivity index (χ1) is 17.2. The minimum absolute atomic E-state index is 0.177. The van der Waals surface area contributed by atoms with Gasteiger partial charge in [-0.15, -0.1) is 0 Å². The number of benzene rings is 3. The Morgan fingerprint density at radius 3 is 2.53 bits per heavy atom. The van der Waals surface area contributed by atoms with Crippen LogP contribution in [-0.4, -0.2) is 39.9 Å². The molecule has 0 aliphatic rings. The molecule has 3 aromatic carbocycles. The number of methoxy groups -OCH3 is 1. The number of nitrogens with one attached hydrogen (secondary N) is 1. The van der Waals surface area contributed by atoms with Crippen LogP contribution >= 0.6 is 55.1 Å². The van der Waals surface area contributed by atoms with Crippen molar-refractivity contribution in [1.82, 2.24) is 5.43 Å². The molecule has 0 aromatic heterocycles. The number of carbonyl (C=O) groups is 1. The molecule has 1 N–H and O–H groups in total. The van der Waals surface area contributed by atoms with E-state index in [0.717, 1.165) is 11.3 Å². The number of ether oxygens (including phenoxy) is 3. The molecule has 0 atom stereocenters. The van der Waals surface area contributed by atoms with Gasteiger partial charge in [0, 0.05) is 35.9 Å². The number of anilines is 1. The monoisotopic (exact) mass is 657 g/mol. The third-order valence-corrected chi connectivity index (χ3v) is 7.72. The number of hydrazone groups is 1. The molecule has 0 radical (unpaired) electrons. The van der Waals surface area contributed by atoms with Crippen LogP contribution in [0.4, 0.5) is 5.69 Å². The van der Waals surface area contributed by atoms with Crippen LogP contribution in [0.1, 0.15) is 11.1 Å². The summed E-state index contributed by atoms with van der Waals surface area (Å²) >= 11 is 19.1. The molecule has 0 aliphatic heterocycles. The molecule has 11 heteroatoms. The third kappa shape index (κ3) is 7.52. The molecular weight excluding hydrogens is 637 g/mol. The Morgan fingerprint density at radius 1 is 1.06 bits per heavy atom. The fourth-order valence-corrected chi connectivity index (χ4v) is 4.23. The Labute approximate surface area is 236 Å². The fraction of sp³-hybridized carbons (Fsp3) is 0.200. The molecule has 0 unspecified atom stereocenters. The van der Waals surface area contributed by atoms with Crippen molar-refractivity contribution in [2.24, 2.45) is 5.10 Å². The van der Waals surface area contributed by atoms with Crippen molar-refractivity contribution in [3.05, 3.63) is 78.6 Å².